The Bertz CT molecular complexity index is 723. The van der Waals surface area contributed by atoms with Crippen LogP contribution in [0.3, 0.4) is 0 Å². The van der Waals surface area contributed by atoms with Crippen molar-refractivity contribution < 1.29 is 0 Å². The number of nitrogens with zero attached hydrogens (tertiary/aromatic N) is 2. The Balaban J connectivity index is 1.93. The summed E-state index contributed by atoms with van der Waals surface area (Å²) in [6.45, 7) is 0. The summed E-state index contributed by atoms with van der Waals surface area (Å²) in [4.78, 5) is 8.04. The second kappa shape index (κ2) is 4.71. The molecule has 3 aromatic rings. The lowest BCUT2D eigenvalue weighted by Gasteiger charge is -2.08. The van der Waals surface area contributed by atoms with Crippen LogP contribution in [0, 0.1) is 0 Å². The number of hydrogen-bond donors (Lipinski definition) is 4. The number of fused-ring (bicyclic) bond motifs is 1. The second-order valence-electron chi connectivity index (χ2n) is 3.94. The van der Waals surface area contributed by atoms with E-state index in [2.05, 4.69) is 44.3 Å². The van der Waals surface area contributed by atoms with Gasteiger partial charge >= 0.3 is 0 Å². The van der Waals surface area contributed by atoms with Gasteiger partial charge in [0.05, 0.1) is 0 Å². The van der Waals surface area contributed by atoms with E-state index in [1.807, 2.05) is 6.07 Å². The molecule has 0 fully saturated rings. The van der Waals surface area contributed by atoms with E-state index < -0.39 is 0 Å². The SMILES string of the molecule is NNc1cc(Nc2ccc3sccc3c2)nc(N)n1. The number of nitrogens with two attached hydrogens (primary N) is 2. The second-order valence-corrected chi connectivity index (χ2v) is 4.89. The van der Waals surface area contributed by atoms with Crippen LogP contribution in [0.1, 0.15) is 0 Å². The molecular weight excluding hydrogens is 260 g/mol. The Morgan fingerprint density at radius 2 is 1.89 bits per heavy atom. The van der Waals surface area contributed by atoms with Crippen LogP contribution in [-0.2, 0) is 0 Å². The molecule has 0 aliphatic carbocycles. The van der Waals surface area contributed by atoms with E-state index in [0.717, 1.165) is 5.69 Å². The summed E-state index contributed by atoms with van der Waals surface area (Å²) >= 11 is 1.71. The van der Waals surface area contributed by atoms with Crippen LogP contribution in [0.4, 0.5) is 23.3 Å². The summed E-state index contributed by atoms with van der Waals surface area (Å²) in [6, 6.07) is 9.88. The predicted molar refractivity (Wildman–Crippen MR) is 79.4 cm³/mol. The zero-order chi connectivity index (χ0) is 13.2. The van der Waals surface area contributed by atoms with Crippen molar-refractivity contribution in [3.63, 3.8) is 0 Å². The van der Waals surface area contributed by atoms with E-state index in [1.54, 1.807) is 17.4 Å². The van der Waals surface area contributed by atoms with Gasteiger partial charge in [-0.3, -0.25) is 0 Å². The van der Waals surface area contributed by atoms with E-state index in [1.165, 1.54) is 10.1 Å². The Hall–Kier alpha value is -2.38. The first-order valence-electron chi connectivity index (χ1n) is 5.60. The summed E-state index contributed by atoms with van der Waals surface area (Å²) < 4.78 is 1.25. The first-order chi connectivity index (χ1) is 9.24. The van der Waals surface area contributed by atoms with Gasteiger partial charge in [-0.25, -0.2) is 5.84 Å². The molecule has 0 aliphatic rings. The molecule has 0 saturated heterocycles. The number of hydrogen-bond acceptors (Lipinski definition) is 7. The first-order valence-corrected chi connectivity index (χ1v) is 6.48. The number of aromatic nitrogens is 2. The quantitative estimate of drug-likeness (QED) is 0.431. The molecule has 0 bridgehead atoms. The zero-order valence-electron chi connectivity index (χ0n) is 9.92. The lowest BCUT2D eigenvalue weighted by molar-refractivity contribution is 1.15. The molecule has 2 heterocycles. The van der Waals surface area contributed by atoms with Crippen molar-refractivity contribution in [2.45, 2.75) is 0 Å². The smallest absolute Gasteiger partial charge is 0.223 e. The number of thiophene rings is 1. The van der Waals surface area contributed by atoms with Gasteiger partial charge in [-0.15, -0.1) is 11.3 Å². The van der Waals surface area contributed by atoms with Gasteiger partial charge in [0, 0.05) is 16.5 Å². The largest absolute Gasteiger partial charge is 0.368 e. The third-order valence-corrected chi connectivity index (χ3v) is 3.51. The fraction of sp³-hybridized carbons (Fsp3) is 0. The Kier molecular flexibility index (Phi) is 2.90. The van der Waals surface area contributed by atoms with Gasteiger partial charge in [-0.2, -0.15) is 9.97 Å². The third-order valence-electron chi connectivity index (χ3n) is 2.62. The van der Waals surface area contributed by atoms with Crippen molar-refractivity contribution in [2.24, 2.45) is 5.84 Å². The summed E-state index contributed by atoms with van der Waals surface area (Å²) in [6.07, 6.45) is 0. The van der Waals surface area contributed by atoms with Crippen LogP contribution >= 0.6 is 11.3 Å². The van der Waals surface area contributed by atoms with Crippen molar-refractivity contribution >= 4 is 44.7 Å². The predicted octanol–water partition coefficient (Wildman–Crippen LogP) is 2.30. The van der Waals surface area contributed by atoms with Crippen molar-refractivity contribution in [3.8, 4) is 0 Å². The minimum absolute atomic E-state index is 0.162. The number of hydrazine groups is 1. The summed E-state index contributed by atoms with van der Waals surface area (Å²) in [5.74, 6) is 6.54. The highest BCUT2D eigenvalue weighted by atomic mass is 32.1. The third kappa shape index (κ3) is 2.42. The molecule has 0 unspecified atom stereocenters. The number of rotatable bonds is 3. The Morgan fingerprint density at radius 3 is 2.74 bits per heavy atom. The average Bonchev–Trinajstić information content (AvgIpc) is 2.85. The zero-order valence-corrected chi connectivity index (χ0v) is 10.7. The molecule has 1 aromatic carbocycles. The van der Waals surface area contributed by atoms with E-state index in [-0.39, 0.29) is 5.95 Å². The van der Waals surface area contributed by atoms with Crippen molar-refractivity contribution in [1.82, 2.24) is 9.97 Å². The molecule has 0 amide bonds. The van der Waals surface area contributed by atoms with Gasteiger partial charge in [0.25, 0.3) is 0 Å². The maximum absolute atomic E-state index is 5.61. The van der Waals surface area contributed by atoms with Crippen molar-refractivity contribution in [2.75, 3.05) is 16.5 Å². The minimum Gasteiger partial charge on any atom is -0.368 e. The maximum Gasteiger partial charge on any atom is 0.223 e. The molecule has 19 heavy (non-hydrogen) atoms. The molecule has 3 rings (SSSR count). The van der Waals surface area contributed by atoms with Crippen LogP contribution < -0.4 is 22.3 Å². The molecule has 0 aliphatic heterocycles. The number of nitrogens with one attached hydrogen (secondary N) is 2. The normalized spacial score (nSPS) is 10.6. The van der Waals surface area contributed by atoms with Crippen LogP contribution in [0.5, 0.6) is 0 Å². The number of nitrogen functional groups attached to an aromatic ring is 2. The molecule has 0 saturated carbocycles. The molecule has 0 atom stereocenters. The van der Waals surface area contributed by atoms with E-state index in [9.17, 15) is 0 Å². The lowest BCUT2D eigenvalue weighted by Crippen LogP contribution is -2.11. The molecule has 2 aromatic heterocycles. The Labute approximate surface area is 113 Å². The summed E-state index contributed by atoms with van der Waals surface area (Å²) in [5.41, 5.74) is 8.99. The molecule has 96 valence electrons. The van der Waals surface area contributed by atoms with Gasteiger partial charge in [0.15, 0.2) is 0 Å². The van der Waals surface area contributed by atoms with Crippen LogP contribution in [0.15, 0.2) is 35.7 Å². The monoisotopic (exact) mass is 272 g/mol. The van der Waals surface area contributed by atoms with Crippen molar-refractivity contribution in [3.05, 3.63) is 35.7 Å². The van der Waals surface area contributed by atoms with E-state index >= 15 is 0 Å². The highest BCUT2D eigenvalue weighted by molar-refractivity contribution is 7.17. The summed E-state index contributed by atoms with van der Waals surface area (Å²) in [5, 5.41) is 6.43. The first kappa shape index (κ1) is 11.7. The van der Waals surface area contributed by atoms with Gasteiger partial charge in [0.2, 0.25) is 5.95 Å². The Morgan fingerprint density at radius 1 is 1.05 bits per heavy atom. The topological polar surface area (TPSA) is 102 Å². The van der Waals surface area contributed by atoms with Crippen molar-refractivity contribution in [1.29, 1.82) is 0 Å². The van der Waals surface area contributed by atoms with Gasteiger partial charge in [0.1, 0.15) is 11.6 Å². The highest BCUT2D eigenvalue weighted by Crippen LogP contribution is 2.26. The van der Waals surface area contributed by atoms with Crippen LogP contribution in [0.25, 0.3) is 10.1 Å². The van der Waals surface area contributed by atoms with Gasteiger partial charge in [-0.1, -0.05) is 0 Å². The highest BCUT2D eigenvalue weighted by Gasteiger charge is 2.03. The molecule has 7 heteroatoms. The minimum atomic E-state index is 0.162. The number of anilines is 4. The van der Waals surface area contributed by atoms with Crippen LogP contribution in [0.2, 0.25) is 0 Å². The molecule has 0 radical (unpaired) electrons. The molecule has 6 N–H and O–H groups in total. The van der Waals surface area contributed by atoms with Crippen LogP contribution in [-0.4, -0.2) is 9.97 Å². The molecule has 0 spiro atoms. The van der Waals surface area contributed by atoms with E-state index in [4.69, 9.17) is 11.6 Å². The average molecular weight is 272 g/mol. The number of benzene rings is 1. The molecular formula is C12H12N6S. The van der Waals surface area contributed by atoms with Gasteiger partial charge < -0.3 is 16.5 Å². The summed E-state index contributed by atoms with van der Waals surface area (Å²) in [7, 11) is 0. The molecule has 6 nitrogen and oxygen atoms in total. The van der Waals surface area contributed by atoms with E-state index in [0.29, 0.717) is 11.6 Å². The fourth-order valence-corrected chi connectivity index (χ4v) is 2.57. The lowest BCUT2D eigenvalue weighted by atomic mass is 10.2. The van der Waals surface area contributed by atoms with Gasteiger partial charge in [-0.05, 0) is 35.0 Å². The maximum atomic E-state index is 5.61. The standard InChI is InChI=1S/C12H12N6S/c13-12-16-10(6-11(17-12)18-14)15-8-1-2-9-7(5-8)3-4-19-9/h1-6H,14H2,(H4,13,15,16,17,18). The fourth-order valence-electron chi connectivity index (χ4n) is 1.80.